The second-order valence-corrected chi connectivity index (χ2v) is 7.14. The summed E-state index contributed by atoms with van der Waals surface area (Å²) < 4.78 is 10.3. The number of likely N-dealkylation sites (N-methyl/N-ethyl adjacent to an activating group) is 1. The van der Waals surface area contributed by atoms with E-state index in [4.69, 9.17) is 21.1 Å². The van der Waals surface area contributed by atoms with Crippen LogP contribution in [0.15, 0.2) is 42.5 Å². The number of hydrogen-bond acceptors (Lipinski definition) is 4. The maximum atomic E-state index is 12.4. The van der Waals surface area contributed by atoms with E-state index in [1.165, 1.54) is 7.11 Å². The van der Waals surface area contributed by atoms with Crippen molar-refractivity contribution >= 4 is 29.1 Å². The van der Waals surface area contributed by atoms with Gasteiger partial charge in [0.1, 0.15) is 11.5 Å². The number of nitrogens with one attached hydrogen (secondary N) is 3. The number of carbonyl (C=O) groups is 2. The van der Waals surface area contributed by atoms with Crippen LogP contribution in [-0.4, -0.2) is 45.7 Å². The summed E-state index contributed by atoms with van der Waals surface area (Å²) in [5.74, 6) is 0.912. The van der Waals surface area contributed by atoms with Crippen LogP contribution < -0.4 is 25.0 Å². The van der Waals surface area contributed by atoms with Crippen LogP contribution in [0.1, 0.15) is 12.5 Å². The Morgan fingerprint density at radius 2 is 1.79 bits per heavy atom. The number of rotatable bonds is 9. The molecule has 0 aromatic heterocycles. The van der Waals surface area contributed by atoms with E-state index in [2.05, 4.69) is 10.6 Å². The molecule has 0 aliphatic carbocycles. The molecule has 29 heavy (non-hydrogen) atoms. The lowest BCUT2D eigenvalue weighted by atomic mass is 10.2. The summed E-state index contributed by atoms with van der Waals surface area (Å²) in [4.78, 5) is 25.6. The SMILES string of the molecule is COc1ccc(CNC(=O)[C@H](C)[NH+](C)CC(=O)Nc2cc(Cl)ccc2OC)cc1. The van der Waals surface area contributed by atoms with Crippen LogP contribution in [0.25, 0.3) is 0 Å². The van der Waals surface area contributed by atoms with E-state index in [-0.39, 0.29) is 18.4 Å². The number of methoxy groups -OCH3 is 2. The van der Waals surface area contributed by atoms with Crippen molar-refractivity contribution in [2.75, 3.05) is 33.1 Å². The van der Waals surface area contributed by atoms with Gasteiger partial charge in [0.05, 0.1) is 27.0 Å². The molecule has 2 aromatic carbocycles. The minimum absolute atomic E-state index is 0.118. The summed E-state index contributed by atoms with van der Waals surface area (Å²) in [6.45, 7) is 2.31. The fourth-order valence-corrected chi connectivity index (χ4v) is 2.86. The van der Waals surface area contributed by atoms with E-state index in [1.54, 1.807) is 39.3 Å². The molecule has 0 saturated heterocycles. The highest BCUT2D eigenvalue weighted by atomic mass is 35.5. The van der Waals surface area contributed by atoms with Crippen LogP contribution in [-0.2, 0) is 16.1 Å². The minimum atomic E-state index is -0.403. The molecule has 2 aromatic rings. The molecule has 0 bridgehead atoms. The zero-order valence-corrected chi connectivity index (χ0v) is 17.8. The monoisotopic (exact) mass is 420 g/mol. The van der Waals surface area contributed by atoms with Crippen LogP contribution in [0, 0.1) is 0 Å². The van der Waals surface area contributed by atoms with Gasteiger partial charge in [-0.3, -0.25) is 9.59 Å². The van der Waals surface area contributed by atoms with Crippen LogP contribution >= 0.6 is 11.6 Å². The zero-order chi connectivity index (χ0) is 21.4. The third kappa shape index (κ3) is 6.66. The molecule has 2 amide bonds. The molecule has 2 atom stereocenters. The predicted octanol–water partition coefficient (Wildman–Crippen LogP) is 1.52. The van der Waals surface area contributed by atoms with Crippen molar-refractivity contribution in [3.05, 3.63) is 53.1 Å². The second kappa shape index (κ2) is 10.7. The lowest BCUT2D eigenvalue weighted by Gasteiger charge is -2.21. The summed E-state index contributed by atoms with van der Waals surface area (Å²) in [7, 11) is 4.92. The van der Waals surface area contributed by atoms with E-state index in [9.17, 15) is 9.59 Å². The fourth-order valence-electron chi connectivity index (χ4n) is 2.69. The Hall–Kier alpha value is -2.77. The van der Waals surface area contributed by atoms with Crippen LogP contribution in [0.5, 0.6) is 11.5 Å². The molecule has 0 heterocycles. The molecule has 0 aliphatic heterocycles. The number of amides is 2. The smallest absolute Gasteiger partial charge is 0.279 e. The van der Waals surface area contributed by atoms with Gasteiger partial charge >= 0.3 is 0 Å². The molecule has 156 valence electrons. The van der Waals surface area contributed by atoms with Gasteiger partial charge in [-0.05, 0) is 42.8 Å². The standard InChI is InChI=1S/C21H26ClN3O4/c1-14(21(27)23-12-15-5-8-17(28-3)9-6-15)25(2)13-20(26)24-18-11-16(22)7-10-19(18)29-4/h5-11,14H,12-13H2,1-4H3,(H,23,27)(H,24,26)/p+1/t14-/m0/s1. The van der Waals surface area contributed by atoms with Gasteiger partial charge in [-0.1, -0.05) is 23.7 Å². The quantitative estimate of drug-likeness (QED) is 0.574. The van der Waals surface area contributed by atoms with Crippen molar-refractivity contribution in [1.82, 2.24) is 5.32 Å². The lowest BCUT2D eigenvalue weighted by Crippen LogP contribution is -3.15. The maximum absolute atomic E-state index is 12.4. The first kappa shape index (κ1) is 22.5. The summed E-state index contributed by atoms with van der Waals surface area (Å²) in [5, 5.41) is 6.17. The highest BCUT2D eigenvalue weighted by Crippen LogP contribution is 2.27. The Labute approximate surface area is 175 Å². The number of halogens is 1. The molecule has 7 nitrogen and oxygen atoms in total. The minimum Gasteiger partial charge on any atom is -0.497 e. The number of hydrogen-bond donors (Lipinski definition) is 3. The van der Waals surface area contributed by atoms with Crippen molar-refractivity contribution in [2.24, 2.45) is 0 Å². The molecule has 1 unspecified atom stereocenters. The molecule has 0 radical (unpaired) electrons. The summed E-state index contributed by atoms with van der Waals surface area (Å²) in [6.07, 6.45) is 0. The molecule has 3 N–H and O–H groups in total. The molecule has 0 aliphatic rings. The van der Waals surface area contributed by atoms with Crippen LogP contribution in [0.2, 0.25) is 5.02 Å². The lowest BCUT2D eigenvalue weighted by molar-refractivity contribution is -0.885. The molecule has 0 spiro atoms. The third-order valence-corrected chi connectivity index (χ3v) is 4.87. The summed E-state index contributed by atoms with van der Waals surface area (Å²) in [5.41, 5.74) is 1.46. The number of quaternary nitrogens is 1. The normalized spacial score (nSPS) is 12.6. The van der Waals surface area contributed by atoms with Gasteiger partial charge in [0, 0.05) is 11.6 Å². The average Bonchev–Trinajstić information content (AvgIpc) is 2.71. The molecular formula is C21H27ClN3O4+. The molecule has 8 heteroatoms. The van der Waals surface area contributed by atoms with Gasteiger partial charge in [-0.15, -0.1) is 0 Å². The largest absolute Gasteiger partial charge is 0.497 e. The van der Waals surface area contributed by atoms with Gasteiger partial charge < -0.3 is 25.0 Å². The number of ether oxygens (including phenoxy) is 2. The van der Waals surface area contributed by atoms with E-state index in [0.717, 1.165) is 16.2 Å². The Morgan fingerprint density at radius 3 is 2.41 bits per heavy atom. The highest BCUT2D eigenvalue weighted by molar-refractivity contribution is 6.31. The molecule has 2 rings (SSSR count). The Morgan fingerprint density at radius 1 is 1.10 bits per heavy atom. The van der Waals surface area contributed by atoms with Gasteiger partial charge in [0.25, 0.3) is 11.8 Å². The number of anilines is 1. The van der Waals surface area contributed by atoms with Crippen molar-refractivity contribution in [2.45, 2.75) is 19.5 Å². The summed E-state index contributed by atoms with van der Waals surface area (Å²) in [6, 6.07) is 12.1. The topological polar surface area (TPSA) is 81.1 Å². The van der Waals surface area contributed by atoms with E-state index >= 15 is 0 Å². The Kier molecular flexibility index (Phi) is 8.30. The third-order valence-electron chi connectivity index (χ3n) is 4.63. The summed E-state index contributed by atoms with van der Waals surface area (Å²) >= 11 is 5.99. The van der Waals surface area contributed by atoms with Gasteiger partial charge in [-0.25, -0.2) is 0 Å². The van der Waals surface area contributed by atoms with Crippen molar-refractivity contribution in [1.29, 1.82) is 0 Å². The van der Waals surface area contributed by atoms with Gasteiger partial charge in [0.15, 0.2) is 12.6 Å². The van der Waals surface area contributed by atoms with Crippen molar-refractivity contribution in [3.63, 3.8) is 0 Å². The number of benzene rings is 2. The van der Waals surface area contributed by atoms with E-state index in [0.29, 0.717) is 23.0 Å². The average molecular weight is 421 g/mol. The van der Waals surface area contributed by atoms with E-state index < -0.39 is 6.04 Å². The maximum Gasteiger partial charge on any atom is 0.279 e. The van der Waals surface area contributed by atoms with Crippen LogP contribution in [0.3, 0.4) is 0 Å². The highest BCUT2D eigenvalue weighted by Gasteiger charge is 2.24. The number of carbonyl (C=O) groups excluding carboxylic acids is 2. The fraction of sp³-hybridized carbons (Fsp3) is 0.333. The molecule has 0 saturated carbocycles. The Bertz CT molecular complexity index is 842. The van der Waals surface area contributed by atoms with Crippen molar-refractivity contribution in [3.8, 4) is 11.5 Å². The first-order chi connectivity index (χ1) is 13.8. The Balaban J connectivity index is 1.86. The van der Waals surface area contributed by atoms with Crippen molar-refractivity contribution < 1.29 is 24.0 Å². The zero-order valence-electron chi connectivity index (χ0n) is 17.0. The molecule has 0 fully saturated rings. The van der Waals surface area contributed by atoms with Gasteiger partial charge in [0.2, 0.25) is 0 Å². The predicted molar refractivity (Wildman–Crippen MR) is 113 cm³/mol. The van der Waals surface area contributed by atoms with Crippen LogP contribution in [0.4, 0.5) is 5.69 Å². The second-order valence-electron chi connectivity index (χ2n) is 6.70. The van der Waals surface area contributed by atoms with Gasteiger partial charge in [-0.2, -0.15) is 0 Å². The first-order valence-electron chi connectivity index (χ1n) is 9.20. The van der Waals surface area contributed by atoms with E-state index in [1.807, 2.05) is 24.3 Å². The first-order valence-corrected chi connectivity index (χ1v) is 9.58. The molecular weight excluding hydrogens is 394 g/mol.